The Hall–Kier alpha value is -1.10. The smallest absolute Gasteiger partial charge is 0.308 e. The fourth-order valence-corrected chi connectivity index (χ4v) is 2.26. The number of hydrogen-bond acceptors (Lipinski definition) is 4. The summed E-state index contributed by atoms with van der Waals surface area (Å²) in [4.78, 5) is 21.8. The molecule has 0 saturated carbocycles. The van der Waals surface area contributed by atoms with E-state index in [2.05, 4.69) is 0 Å². The number of aliphatic carboxylic acids is 1. The number of ether oxygens (including phenoxy) is 2. The van der Waals surface area contributed by atoms with E-state index in [1.807, 2.05) is 6.92 Å². The Kier molecular flexibility index (Phi) is 5.59. The fourth-order valence-electron chi connectivity index (χ4n) is 2.26. The van der Waals surface area contributed by atoms with Crippen LogP contribution in [0.25, 0.3) is 0 Å². The van der Waals surface area contributed by atoms with E-state index in [9.17, 15) is 9.59 Å². The third-order valence-corrected chi connectivity index (χ3v) is 3.40. The molecule has 4 atom stereocenters. The molecule has 0 bridgehead atoms. The summed E-state index contributed by atoms with van der Waals surface area (Å²) in [6.45, 7) is 5.02. The van der Waals surface area contributed by atoms with Gasteiger partial charge in [0.1, 0.15) is 6.10 Å². The lowest BCUT2D eigenvalue weighted by molar-refractivity contribution is -0.149. The quantitative estimate of drug-likeness (QED) is 0.737. The molecule has 1 N–H and O–H groups in total. The summed E-state index contributed by atoms with van der Waals surface area (Å²) in [7, 11) is 0. The van der Waals surface area contributed by atoms with Crippen molar-refractivity contribution in [3.8, 4) is 0 Å². The highest BCUT2D eigenvalue weighted by atomic mass is 16.5. The van der Waals surface area contributed by atoms with E-state index < -0.39 is 11.9 Å². The van der Waals surface area contributed by atoms with Crippen LogP contribution in [0.5, 0.6) is 0 Å². The molecular weight excluding hydrogens is 236 g/mol. The summed E-state index contributed by atoms with van der Waals surface area (Å²) < 4.78 is 10.9. The summed E-state index contributed by atoms with van der Waals surface area (Å²) in [6.07, 6.45) is 2.64. The van der Waals surface area contributed by atoms with Crippen molar-refractivity contribution >= 4 is 11.9 Å². The van der Waals surface area contributed by atoms with Crippen molar-refractivity contribution < 1.29 is 24.2 Å². The van der Waals surface area contributed by atoms with Gasteiger partial charge in [-0.15, -0.1) is 0 Å². The zero-order valence-electron chi connectivity index (χ0n) is 11.2. The van der Waals surface area contributed by atoms with Gasteiger partial charge < -0.3 is 14.6 Å². The second-order valence-electron chi connectivity index (χ2n) is 4.88. The summed E-state index contributed by atoms with van der Waals surface area (Å²) in [6, 6.07) is 0. The lowest BCUT2D eigenvalue weighted by Gasteiger charge is -2.21. The van der Waals surface area contributed by atoms with Crippen molar-refractivity contribution in [3.63, 3.8) is 0 Å². The van der Waals surface area contributed by atoms with Gasteiger partial charge in [0, 0.05) is 13.3 Å². The average Bonchev–Trinajstić information content (AvgIpc) is 2.74. The molecule has 4 unspecified atom stereocenters. The van der Waals surface area contributed by atoms with Gasteiger partial charge >= 0.3 is 11.9 Å². The maximum atomic E-state index is 10.9. The van der Waals surface area contributed by atoms with E-state index in [1.165, 1.54) is 6.92 Å². The lowest BCUT2D eigenvalue weighted by Crippen LogP contribution is -2.27. The van der Waals surface area contributed by atoms with Crippen LogP contribution in [0.2, 0.25) is 0 Å². The van der Waals surface area contributed by atoms with Gasteiger partial charge in [-0.1, -0.05) is 6.92 Å². The zero-order chi connectivity index (χ0) is 13.7. The van der Waals surface area contributed by atoms with E-state index >= 15 is 0 Å². The Morgan fingerprint density at radius 3 is 2.61 bits per heavy atom. The molecule has 1 heterocycles. The first kappa shape index (κ1) is 15.0. The molecule has 1 fully saturated rings. The van der Waals surface area contributed by atoms with Gasteiger partial charge in [0.25, 0.3) is 0 Å². The van der Waals surface area contributed by atoms with Crippen molar-refractivity contribution in [3.05, 3.63) is 0 Å². The molecule has 0 aromatic heterocycles. The topological polar surface area (TPSA) is 72.8 Å². The third-order valence-electron chi connectivity index (χ3n) is 3.40. The number of esters is 1. The number of carboxylic acid groups (broad SMARTS) is 1. The first-order valence-electron chi connectivity index (χ1n) is 6.49. The molecule has 0 aliphatic carbocycles. The molecule has 0 aromatic rings. The van der Waals surface area contributed by atoms with Crippen LogP contribution in [-0.2, 0) is 19.1 Å². The molecule has 18 heavy (non-hydrogen) atoms. The van der Waals surface area contributed by atoms with Crippen LogP contribution in [0.1, 0.15) is 46.5 Å². The van der Waals surface area contributed by atoms with Crippen molar-refractivity contribution in [2.45, 2.75) is 64.8 Å². The van der Waals surface area contributed by atoms with Crippen molar-refractivity contribution in [2.24, 2.45) is 5.92 Å². The van der Waals surface area contributed by atoms with Gasteiger partial charge in [0.05, 0.1) is 18.1 Å². The molecule has 5 heteroatoms. The van der Waals surface area contributed by atoms with E-state index in [-0.39, 0.29) is 24.3 Å². The lowest BCUT2D eigenvalue weighted by atomic mass is 10.0. The SMILES string of the molecule is CCC(CC1CCC(C(C)C(=O)O)O1)OC(C)=O. The van der Waals surface area contributed by atoms with E-state index in [0.29, 0.717) is 6.42 Å². The molecule has 0 amide bonds. The number of carbonyl (C=O) groups is 2. The first-order valence-corrected chi connectivity index (χ1v) is 6.49. The molecule has 1 saturated heterocycles. The fraction of sp³-hybridized carbons (Fsp3) is 0.846. The van der Waals surface area contributed by atoms with Crippen molar-refractivity contribution in [1.82, 2.24) is 0 Å². The molecule has 5 nitrogen and oxygen atoms in total. The third kappa shape index (κ3) is 4.29. The largest absolute Gasteiger partial charge is 0.481 e. The Morgan fingerprint density at radius 1 is 1.44 bits per heavy atom. The first-order chi connectivity index (χ1) is 8.43. The van der Waals surface area contributed by atoms with E-state index in [0.717, 1.165) is 19.3 Å². The predicted molar refractivity (Wildman–Crippen MR) is 65.2 cm³/mol. The highest BCUT2D eigenvalue weighted by molar-refractivity contribution is 5.70. The number of hydrogen-bond donors (Lipinski definition) is 1. The van der Waals surface area contributed by atoms with Gasteiger partial charge in [-0.2, -0.15) is 0 Å². The molecule has 0 spiro atoms. The Balaban J connectivity index is 2.41. The molecule has 1 rings (SSSR count). The van der Waals surface area contributed by atoms with Crippen LogP contribution < -0.4 is 0 Å². The minimum atomic E-state index is -0.826. The van der Waals surface area contributed by atoms with Crippen molar-refractivity contribution in [1.29, 1.82) is 0 Å². The second-order valence-corrected chi connectivity index (χ2v) is 4.88. The second kappa shape index (κ2) is 6.73. The van der Waals surface area contributed by atoms with Gasteiger partial charge in [-0.3, -0.25) is 9.59 Å². The monoisotopic (exact) mass is 258 g/mol. The average molecular weight is 258 g/mol. The Bertz CT molecular complexity index is 302. The molecule has 0 aromatic carbocycles. The maximum Gasteiger partial charge on any atom is 0.308 e. The van der Waals surface area contributed by atoms with Crippen LogP contribution in [0.3, 0.4) is 0 Å². The highest BCUT2D eigenvalue weighted by Crippen LogP contribution is 2.29. The highest BCUT2D eigenvalue weighted by Gasteiger charge is 2.34. The minimum absolute atomic E-state index is 0.00102. The summed E-state index contributed by atoms with van der Waals surface area (Å²) in [5, 5.41) is 8.93. The van der Waals surface area contributed by atoms with E-state index in [1.54, 1.807) is 6.92 Å². The van der Waals surface area contributed by atoms with Gasteiger partial charge in [-0.25, -0.2) is 0 Å². The molecule has 104 valence electrons. The molecular formula is C13H22O5. The van der Waals surface area contributed by atoms with Crippen molar-refractivity contribution in [2.75, 3.05) is 0 Å². The van der Waals surface area contributed by atoms with Crippen LogP contribution in [-0.4, -0.2) is 35.4 Å². The maximum absolute atomic E-state index is 10.9. The number of carbonyl (C=O) groups excluding carboxylic acids is 1. The molecule has 1 aliphatic rings. The van der Waals surface area contributed by atoms with Crippen LogP contribution in [0, 0.1) is 5.92 Å². The zero-order valence-corrected chi connectivity index (χ0v) is 11.2. The Morgan fingerprint density at radius 2 is 2.11 bits per heavy atom. The summed E-state index contributed by atoms with van der Waals surface area (Å²) >= 11 is 0. The minimum Gasteiger partial charge on any atom is -0.481 e. The number of carboxylic acids is 1. The van der Waals surface area contributed by atoms with Crippen LogP contribution >= 0.6 is 0 Å². The van der Waals surface area contributed by atoms with E-state index in [4.69, 9.17) is 14.6 Å². The molecule has 0 radical (unpaired) electrons. The normalized spacial score (nSPS) is 26.6. The van der Waals surface area contributed by atoms with Gasteiger partial charge in [0.2, 0.25) is 0 Å². The standard InChI is InChI=1S/C13H22O5/c1-4-10(17-9(3)14)7-11-5-6-12(18-11)8(2)13(15)16/h8,10-12H,4-7H2,1-3H3,(H,15,16). The Labute approximate surface area is 107 Å². The van der Waals surface area contributed by atoms with Crippen LogP contribution in [0.4, 0.5) is 0 Å². The summed E-state index contributed by atoms with van der Waals surface area (Å²) in [5.41, 5.74) is 0. The summed E-state index contributed by atoms with van der Waals surface area (Å²) in [5.74, 6) is -1.59. The van der Waals surface area contributed by atoms with Gasteiger partial charge in [0.15, 0.2) is 0 Å². The van der Waals surface area contributed by atoms with Crippen LogP contribution in [0.15, 0.2) is 0 Å². The van der Waals surface area contributed by atoms with Gasteiger partial charge in [-0.05, 0) is 26.2 Å². The number of rotatable bonds is 6. The predicted octanol–water partition coefficient (Wildman–Crippen LogP) is 1.99. The molecule has 1 aliphatic heterocycles.